The van der Waals surface area contributed by atoms with E-state index in [-0.39, 0.29) is 5.82 Å². The third-order valence-corrected chi connectivity index (χ3v) is 5.12. The van der Waals surface area contributed by atoms with Gasteiger partial charge in [-0.15, -0.1) is 0 Å². The average Bonchev–Trinajstić information content (AvgIpc) is 3.05. The Balaban J connectivity index is 1.56. The van der Waals surface area contributed by atoms with E-state index in [4.69, 9.17) is 0 Å². The molecule has 0 N–H and O–H groups in total. The van der Waals surface area contributed by atoms with Gasteiger partial charge in [-0.2, -0.15) is 0 Å². The standard InChI is InChI=1S/C22H22FN3/c1-16-11-22(19-3-2-8-25-13-19)26(14-16)15-20-5-4-18(12-21(20)23)17-6-9-24-10-7-17/h2-10,12-13,16,22H,11,14-15H2,1H3. The van der Waals surface area contributed by atoms with Crippen LogP contribution in [-0.4, -0.2) is 21.4 Å². The number of nitrogens with zero attached hydrogens (tertiary/aromatic N) is 3. The first kappa shape index (κ1) is 16.9. The number of pyridine rings is 2. The molecule has 0 amide bonds. The predicted octanol–water partition coefficient (Wildman–Crippen LogP) is 4.87. The van der Waals surface area contributed by atoms with Gasteiger partial charge in [0.15, 0.2) is 0 Å². The monoisotopic (exact) mass is 347 g/mol. The summed E-state index contributed by atoms with van der Waals surface area (Å²) in [5, 5.41) is 0. The van der Waals surface area contributed by atoms with Gasteiger partial charge in [0.25, 0.3) is 0 Å². The Morgan fingerprint density at radius 2 is 1.88 bits per heavy atom. The zero-order chi connectivity index (χ0) is 17.9. The summed E-state index contributed by atoms with van der Waals surface area (Å²) in [6, 6.07) is 13.7. The van der Waals surface area contributed by atoms with Gasteiger partial charge in [0.1, 0.15) is 5.82 Å². The van der Waals surface area contributed by atoms with Crippen LogP contribution in [0.3, 0.4) is 0 Å². The molecule has 3 nitrogen and oxygen atoms in total. The molecule has 26 heavy (non-hydrogen) atoms. The Morgan fingerprint density at radius 3 is 2.62 bits per heavy atom. The highest BCUT2D eigenvalue weighted by atomic mass is 19.1. The maximum Gasteiger partial charge on any atom is 0.128 e. The van der Waals surface area contributed by atoms with Crippen molar-refractivity contribution in [2.45, 2.75) is 25.9 Å². The van der Waals surface area contributed by atoms with Crippen molar-refractivity contribution in [2.24, 2.45) is 5.92 Å². The molecule has 0 bridgehead atoms. The Hall–Kier alpha value is -2.59. The molecular formula is C22H22FN3. The topological polar surface area (TPSA) is 29.0 Å². The average molecular weight is 347 g/mol. The molecule has 0 radical (unpaired) electrons. The fourth-order valence-electron chi connectivity index (χ4n) is 3.85. The maximum absolute atomic E-state index is 14.8. The zero-order valence-corrected chi connectivity index (χ0v) is 14.8. The van der Waals surface area contributed by atoms with Crippen LogP contribution in [0.1, 0.15) is 30.5 Å². The number of hydrogen-bond acceptors (Lipinski definition) is 3. The SMILES string of the molecule is CC1CC(c2cccnc2)N(Cc2ccc(-c3ccncc3)cc2F)C1. The van der Waals surface area contributed by atoms with E-state index in [0.717, 1.165) is 29.7 Å². The maximum atomic E-state index is 14.8. The van der Waals surface area contributed by atoms with Crippen molar-refractivity contribution in [3.05, 3.63) is 84.2 Å². The summed E-state index contributed by atoms with van der Waals surface area (Å²) in [5.41, 5.74) is 3.82. The first-order valence-electron chi connectivity index (χ1n) is 9.03. The third kappa shape index (κ3) is 3.51. The summed E-state index contributed by atoms with van der Waals surface area (Å²) >= 11 is 0. The molecule has 4 rings (SSSR count). The van der Waals surface area contributed by atoms with Gasteiger partial charge >= 0.3 is 0 Å². The molecule has 1 aromatic carbocycles. The number of hydrogen-bond donors (Lipinski definition) is 0. The summed E-state index contributed by atoms with van der Waals surface area (Å²) < 4.78 is 14.8. The molecule has 2 atom stereocenters. The summed E-state index contributed by atoms with van der Waals surface area (Å²) in [7, 11) is 0. The summed E-state index contributed by atoms with van der Waals surface area (Å²) in [6.45, 7) is 3.85. The second-order valence-electron chi connectivity index (χ2n) is 7.11. The molecular weight excluding hydrogens is 325 g/mol. The van der Waals surface area contributed by atoms with E-state index in [1.807, 2.05) is 36.5 Å². The van der Waals surface area contributed by atoms with Crippen LogP contribution in [0.25, 0.3) is 11.1 Å². The van der Waals surface area contributed by atoms with E-state index in [9.17, 15) is 4.39 Å². The van der Waals surface area contributed by atoms with Crippen molar-refractivity contribution in [3.63, 3.8) is 0 Å². The van der Waals surface area contributed by atoms with E-state index in [2.05, 4.69) is 27.9 Å². The lowest BCUT2D eigenvalue weighted by Crippen LogP contribution is -2.24. The molecule has 4 heteroatoms. The van der Waals surface area contributed by atoms with Crippen LogP contribution >= 0.6 is 0 Å². The molecule has 1 aliphatic rings. The van der Waals surface area contributed by atoms with Crippen LogP contribution in [0.2, 0.25) is 0 Å². The Morgan fingerprint density at radius 1 is 1.04 bits per heavy atom. The molecule has 0 spiro atoms. The highest BCUT2D eigenvalue weighted by molar-refractivity contribution is 5.63. The van der Waals surface area contributed by atoms with E-state index >= 15 is 0 Å². The molecule has 1 aliphatic heterocycles. The quantitative estimate of drug-likeness (QED) is 0.674. The minimum absolute atomic E-state index is 0.149. The first-order valence-corrected chi connectivity index (χ1v) is 9.03. The van der Waals surface area contributed by atoms with E-state index in [0.29, 0.717) is 18.5 Å². The number of aromatic nitrogens is 2. The van der Waals surface area contributed by atoms with E-state index < -0.39 is 0 Å². The van der Waals surface area contributed by atoms with Crippen LogP contribution in [0.15, 0.2) is 67.3 Å². The number of halogens is 1. The van der Waals surface area contributed by atoms with Crippen LogP contribution in [0.4, 0.5) is 4.39 Å². The molecule has 3 heterocycles. The van der Waals surface area contributed by atoms with Crippen molar-refractivity contribution in [2.75, 3.05) is 6.54 Å². The number of likely N-dealkylation sites (tertiary alicyclic amines) is 1. The molecule has 0 aliphatic carbocycles. The minimum atomic E-state index is -0.149. The summed E-state index contributed by atoms with van der Waals surface area (Å²) in [6.07, 6.45) is 8.27. The Bertz CT molecular complexity index is 867. The highest BCUT2D eigenvalue weighted by Crippen LogP contribution is 2.36. The molecule has 3 aromatic rings. The molecule has 1 fully saturated rings. The van der Waals surface area contributed by atoms with Crippen molar-refractivity contribution >= 4 is 0 Å². The largest absolute Gasteiger partial charge is 0.292 e. The van der Waals surface area contributed by atoms with Gasteiger partial charge in [-0.05, 0) is 53.3 Å². The molecule has 2 unspecified atom stereocenters. The van der Waals surface area contributed by atoms with Gasteiger partial charge < -0.3 is 0 Å². The minimum Gasteiger partial charge on any atom is -0.292 e. The van der Waals surface area contributed by atoms with E-state index in [1.54, 1.807) is 24.7 Å². The smallest absolute Gasteiger partial charge is 0.128 e. The first-order chi connectivity index (χ1) is 12.7. The molecule has 2 aromatic heterocycles. The summed E-state index contributed by atoms with van der Waals surface area (Å²) in [5.74, 6) is 0.447. The fourth-order valence-corrected chi connectivity index (χ4v) is 3.85. The van der Waals surface area contributed by atoms with Crippen LogP contribution in [0.5, 0.6) is 0 Å². The Labute approximate surface area is 153 Å². The lowest BCUT2D eigenvalue weighted by molar-refractivity contribution is 0.241. The Kier molecular flexibility index (Phi) is 4.76. The second-order valence-corrected chi connectivity index (χ2v) is 7.11. The molecule has 1 saturated heterocycles. The number of rotatable bonds is 4. The lowest BCUT2D eigenvalue weighted by Gasteiger charge is -2.25. The lowest BCUT2D eigenvalue weighted by atomic mass is 10.0. The van der Waals surface area contributed by atoms with Gasteiger partial charge in [0.05, 0.1) is 0 Å². The number of benzene rings is 1. The van der Waals surface area contributed by atoms with Gasteiger partial charge in [-0.1, -0.05) is 25.1 Å². The van der Waals surface area contributed by atoms with Crippen LogP contribution in [-0.2, 0) is 6.54 Å². The second kappa shape index (κ2) is 7.34. The van der Waals surface area contributed by atoms with Crippen molar-refractivity contribution in [1.82, 2.24) is 14.9 Å². The molecule has 0 saturated carbocycles. The van der Waals surface area contributed by atoms with Gasteiger partial charge in [-0.3, -0.25) is 14.9 Å². The van der Waals surface area contributed by atoms with Crippen LogP contribution in [0, 0.1) is 11.7 Å². The summed E-state index contributed by atoms with van der Waals surface area (Å²) in [4.78, 5) is 10.6. The van der Waals surface area contributed by atoms with Gasteiger partial charge in [0, 0.05) is 49.5 Å². The van der Waals surface area contributed by atoms with Gasteiger partial charge in [-0.25, -0.2) is 4.39 Å². The van der Waals surface area contributed by atoms with E-state index in [1.165, 1.54) is 5.56 Å². The predicted molar refractivity (Wildman–Crippen MR) is 101 cm³/mol. The van der Waals surface area contributed by atoms with Crippen molar-refractivity contribution in [1.29, 1.82) is 0 Å². The van der Waals surface area contributed by atoms with Gasteiger partial charge in [0.2, 0.25) is 0 Å². The fraction of sp³-hybridized carbons (Fsp3) is 0.273. The van der Waals surface area contributed by atoms with Crippen LogP contribution < -0.4 is 0 Å². The van der Waals surface area contributed by atoms with Crippen molar-refractivity contribution in [3.8, 4) is 11.1 Å². The highest BCUT2D eigenvalue weighted by Gasteiger charge is 2.31. The normalized spacial score (nSPS) is 20.4. The molecule has 132 valence electrons. The van der Waals surface area contributed by atoms with Crippen molar-refractivity contribution < 1.29 is 4.39 Å². The third-order valence-electron chi connectivity index (χ3n) is 5.12. The zero-order valence-electron chi connectivity index (χ0n) is 14.8.